The second kappa shape index (κ2) is 5.07. The highest BCUT2D eigenvalue weighted by Gasteiger charge is 2.41. The minimum atomic E-state index is -0.741. The van der Waals surface area contributed by atoms with Gasteiger partial charge < -0.3 is 5.11 Å². The van der Waals surface area contributed by atoms with Gasteiger partial charge in [0.15, 0.2) is 0 Å². The number of aliphatic carboxylic acids is 1. The van der Waals surface area contributed by atoms with Gasteiger partial charge in [0.1, 0.15) is 12.7 Å². The summed E-state index contributed by atoms with van der Waals surface area (Å²) in [6.45, 7) is 0. The molecule has 3 rings (SSSR count). The largest absolute Gasteiger partial charge is 0.481 e. The van der Waals surface area contributed by atoms with Crippen LogP contribution in [0, 0.1) is 0 Å². The second-order valence-corrected chi connectivity index (χ2v) is 5.34. The van der Waals surface area contributed by atoms with Crippen molar-refractivity contribution in [1.29, 1.82) is 0 Å². The Hall–Kier alpha value is -2.17. The predicted octanol–water partition coefficient (Wildman–Crippen LogP) is 2.55. The Bertz CT molecular complexity index is 601. The van der Waals surface area contributed by atoms with E-state index in [2.05, 4.69) is 10.1 Å². The highest BCUT2D eigenvalue weighted by Crippen LogP contribution is 2.40. The Balaban J connectivity index is 2.04. The summed E-state index contributed by atoms with van der Waals surface area (Å²) >= 11 is 0. The fourth-order valence-corrected chi connectivity index (χ4v) is 3.07. The van der Waals surface area contributed by atoms with Gasteiger partial charge in [0.05, 0.1) is 11.1 Å². The van der Waals surface area contributed by atoms with Crippen molar-refractivity contribution in [2.24, 2.45) is 0 Å². The molecule has 0 spiro atoms. The van der Waals surface area contributed by atoms with E-state index in [9.17, 15) is 9.90 Å². The number of carbonyl (C=O) groups is 1. The van der Waals surface area contributed by atoms with Crippen LogP contribution < -0.4 is 0 Å². The van der Waals surface area contributed by atoms with Crippen LogP contribution in [0.1, 0.15) is 37.7 Å². The van der Waals surface area contributed by atoms with Gasteiger partial charge >= 0.3 is 5.97 Å². The first-order valence-electron chi connectivity index (χ1n) is 6.91. The lowest BCUT2D eigenvalue weighted by molar-refractivity contribution is -0.145. The smallest absolute Gasteiger partial charge is 0.314 e. The number of benzene rings is 1. The van der Waals surface area contributed by atoms with Crippen LogP contribution in [0.4, 0.5) is 0 Å². The molecule has 0 radical (unpaired) electrons. The topological polar surface area (TPSA) is 68.0 Å². The van der Waals surface area contributed by atoms with E-state index >= 15 is 0 Å². The van der Waals surface area contributed by atoms with Crippen molar-refractivity contribution in [3.8, 4) is 5.69 Å². The number of hydrogen-bond donors (Lipinski definition) is 1. The number of hydrogen-bond acceptors (Lipinski definition) is 3. The lowest BCUT2D eigenvalue weighted by Gasteiger charge is -2.33. The molecule has 0 saturated heterocycles. The summed E-state index contributed by atoms with van der Waals surface area (Å²) in [7, 11) is 0. The molecule has 5 nitrogen and oxygen atoms in total. The van der Waals surface area contributed by atoms with Crippen molar-refractivity contribution in [2.45, 2.75) is 37.5 Å². The van der Waals surface area contributed by atoms with Gasteiger partial charge in [0, 0.05) is 0 Å². The molecule has 0 unspecified atom stereocenters. The highest BCUT2D eigenvalue weighted by molar-refractivity contribution is 5.81. The molecule has 1 aliphatic rings. The molecule has 20 heavy (non-hydrogen) atoms. The van der Waals surface area contributed by atoms with E-state index in [1.165, 1.54) is 6.33 Å². The van der Waals surface area contributed by atoms with Gasteiger partial charge in [0.2, 0.25) is 0 Å². The van der Waals surface area contributed by atoms with Crippen molar-refractivity contribution < 1.29 is 9.90 Å². The molecule has 2 aromatic rings. The lowest BCUT2D eigenvalue weighted by Crippen LogP contribution is -2.37. The first kappa shape index (κ1) is 12.8. The van der Waals surface area contributed by atoms with Crippen LogP contribution in [0.15, 0.2) is 36.9 Å². The molecule has 1 heterocycles. The van der Waals surface area contributed by atoms with Gasteiger partial charge in [-0.15, -0.1) is 0 Å². The van der Waals surface area contributed by atoms with Crippen LogP contribution in [0.3, 0.4) is 0 Å². The number of nitrogens with zero attached hydrogens (tertiary/aromatic N) is 3. The minimum Gasteiger partial charge on any atom is -0.481 e. The van der Waals surface area contributed by atoms with E-state index in [0.717, 1.165) is 30.5 Å². The number of rotatable bonds is 3. The maximum Gasteiger partial charge on any atom is 0.314 e. The lowest BCUT2D eigenvalue weighted by atomic mass is 9.69. The van der Waals surface area contributed by atoms with Gasteiger partial charge in [-0.2, -0.15) is 5.10 Å². The summed E-state index contributed by atoms with van der Waals surface area (Å²) in [6, 6.07) is 7.65. The van der Waals surface area contributed by atoms with Gasteiger partial charge in [-0.05, 0) is 30.5 Å². The molecule has 0 aliphatic heterocycles. The molecule has 1 fully saturated rings. The zero-order chi connectivity index (χ0) is 14.0. The normalized spacial score (nSPS) is 17.8. The molecular weight excluding hydrogens is 254 g/mol. The Kier molecular flexibility index (Phi) is 3.26. The van der Waals surface area contributed by atoms with Crippen molar-refractivity contribution in [2.75, 3.05) is 0 Å². The standard InChI is InChI=1S/C15H17N3O2/c19-14(20)15(7-2-1-3-8-15)12-5-4-6-13(9-12)18-11-16-10-17-18/h4-6,9-11H,1-3,7-8H2,(H,19,20). The molecule has 1 saturated carbocycles. The molecule has 1 N–H and O–H groups in total. The van der Waals surface area contributed by atoms with Crippen LogP contribution in [-0.2, 0) is 10.2 Å². The van der Waals surface area contributed by atoms with Crippen molar-refractivity contribution >= 4 is 5.97 Å². The maximum atomic E-state index is 11.8. The van der Waals surface area contributed by atoms with Crippen LogP contribution in [0.2, 0.25) is 0 Å². The maximum absolute atomic E-state index is 11.8. The van der Waals surface area contributed by atoms with Gasteiger partial charge in [0.25, 0.3) is 0 Å². The molecule has 1 aliphatic carbocycles. The van der Waals surface area contributed by atoms with Crippen LogP contribution >= 0.6 is 0 Å². The summed E-state index contributed by atoms with van der Waals surface area (Å²) < 4.78 is 1.65. The Morgan fingerprint density at radius 1 is 1.25 bits per heavy atom. The number of aromatic nitrogens is 3. The third kappa shape index (κ3) is 2.09. The molecule has 1 aromatic carbocycles. The van der Waals surface area contributed by atoms with E-state index < -0.39 is 11.4 Å². The summed E-state index contributed by atoms with van der Waals surface area (Å²) in [4.78, 5) is 15.8. The van der Waals surface area contributed by atoms with Gasteiger partial charge in [-0.1, -0.05) is 31.4 Å². The third-order valence-corrected chi connectivity index (χ3v) is 4.20. The van der Waals surface area contributed by atoms with E-state index in [1.807, 2.05) is 24.3 Å². The van der Waals surface area contributed by atoms with E-state index in [-0.39, 0.29) is 0 Å². The third-order valence-electron chi connectivity index (χ3n) is 4.20. The summed E-state index contributed by atoms with van der Waals surface area (Å²) in [5, 5.41) is 13.8. The van der Waals surface area contributed by atoms with Crippen molar-refractivity contribution in [3.63, 3.8) is 0 Å². The predicted molar refractivity (Wildman–Crippen MR) is 73.8 cm³/mol. The van der Waals surface area contributed by atoms with Crippen molar-refractivity contribution in [3.05, 3.63) is 42.5 Å². The highest BCUT2D eigenvalue weighted by atomic mass is 16.4. The number of carboxylic acid groups (broad SMARTS) is 1. The summed E-state index contributed by atoms with van der Waals surface area (Å²) in [5.74, 6) is -0.715. The van der Waals surface area contributed by atoms with E-state index in [4.69, 9.17) is 0 Å². The van der Waals surface area contributed by atoms with E-state index in [1.54, 1.807) is 11.0 Å². The molecule has 0 bridgehead atoms. The molecule has 5 heteroatoms. The average molecular weight is 271 g/mol. The van der Waals surface area contributed by atoms with Crippen LogP contribution in [0.5, 0.6) is 0 Å². The zero-order valence-corrected chi connectivity index (χ0v) is 11.2. The Morgan fingerprint density at radius 3 is 2.70 bits per heavy atom. The first-order valence-corrected chi connectivity index (χ1v) is 6.91. The minimum absolute atomic E-state index is 0.711. The summed E-state index contributed by atoms with van der Waals surface area (Å²) in [5.41, 5.74) is 0.985. The average Bonchev–Trinajstić information content (AvgIpc) is 3.02. The SMILES string of the molecule is O=C(O)C1(c2cccc(-n3cncn3)c2)CCCCC1. The molecule has 1 aromatic heterocycles. The van der Waals surface area contributed by atoms with Gasteiger partial charge in [-0.3, -0.25) is 4.79 Å². The van der Waals surface area contributed by atoms with E-state index in [0.29, 0.717) is 12.8 Å². The molecular formula is C15H17N3O2. The fourth-order valence-electron chi connectivity index (χ4n) is 3.07. The fraction of sp³-hybridized carbons (Fsp3) is 0.400. The molecule has 0 atom stereocenters. The number of carboxylic acids is 1. The zero-order valence-electron chi connectivity index (χ0n) is 11.2. The quantitative estimate of drug-likeness (QED) is 0.931. The van der Waals surface area contributed by atoms with Crippen LogP contribution in [-0.4, -0.2) is 25.8 Å². The Labute approximate surface area is 117 Å². The van der Waals surface area contributed by atoms with Crippen molar-refractivity contribution in [1.82, 2.24) is 14.8 Å². The first-order chi connectivity index (χ1) is 9.72. The molecule has 104 valence electrons. The second-order valence-electron chi connectivity index (χ2n) is 5.34. The summed E-state index contributed by atoms with van der Waals surface area (Å²) in [6.07, 6.45) is 7.58. The monoisotopic (exact) mass is 271 g/mol. The Morgan fingerprint density at radius 2 is 2.05 bits per heavy atom. The molecule has 0 amide bonds. The van der Waals surface area contributed by atoms with Gasteiger partial charge in [-0.25, -0.2) is 9.67 Å². The van der Waals surface area contributed by atoms with Crippen LogP contribution in [0.25, 0.3) is 5.69 Å².